The van der Waals surface area contributed by atoms with E-state index in [1.165, 1.54) is 6.07 Å². The van der Waals surface area contributed by atoms with Gasteiger partial charge >= 0.3 is 16.1 Å². The molecule has 3 aromatic rings. The van der Waals surface area contributed by atoms with E-state index in [-0.39, 0.29) is 11.5 Å². The summed E-state index contributed by atoms with van der Waals surface area (Å²) in [4.78, 5) is 25.1. The van der Waals surface area contributed by atoms with Crippen LogP contribution in [-0.4, -0.2) is 30.8 Å². The summed E-state index contributed by atoms with van der Waals surface area (Å²) in [5, 5.41) is 4.05. The van der Waals surface area contributed by atoms with Gasteiger partial charge in [0.05, 0.1) is 18.4 Å². The van der Waals surface area contributed by atoms with E-state index < -0.39 is 33.1 Å². The molecule has 0 radical (unpaired) electrons. The van der Waals surface area contributed by atoms with Gasteiger partial charge in [-0.25, -0.2) is 4.79 Å². The second kappa shape index (κ2) is 8.96. The van der Waals surface area contributed by atoms with Gasteiger partial charge in [0.2, 0.25) is 5.69 Å². The molecule has 0 amide bonds. The molecule has 0 aliphatic heterocycles. The standard InChI is InChI=1S/C23H22N2O6S/c1-2-30-23(27)22-20(15-21(26)25(24-22)18-10-4-3-5-11-18)31-32(28,29)19-13-12-16-8-6-7-9-17(16)14-19/h3-5,10-15H,2,6-9H2,1H3. The Balaban J connectivity index is 1.76. The Bertz CT molecular complexity index is 1320. The lowest BCUT2D eigenvalue weighted by molar-refractivity contribution is 0.0515. The quantitative estimate of drug-likeness (QED) is 0.416. The lowest BCUT2D eigenvalue weighted by Gasteiger charge is -2.17. The normalized spacial score (nSPS) is 13.3. The second-order valence-corrected chi connectivity index (χ2v) is 8.88. The number of rotatable bonds is 6. The molecule has 8 nitrogen and oxygen atoms in total. The molecule has 166 valence electrons. The van der Waals surface area contributed by atoms with Crippen molar-refractivity contribution < 1.29 is 22.1 Å². The Morgan fingerprint density at radius 2 is 1.75 bits per heavy atom. The fourth-order valence-corrected chi connectivity index (χ4v) is 4.61. The van der Waals surface area contributed by atoms with Crippen LogP contribution in [0.4, 0.5) is 0 Å². The number of fused-ring (bicyclic) bond motifs is 1. The zero-order valence-corrected chi connectivity index (χ0v) is 18.3. The van der Waals surface area contributed by atoms with Crippen molar-refractivity contribution in [1.82, 2.24) is 9.78 Å². The topological polar surface area (TPSA) is 105 Å². The lowest BCUT2D eigenvalue weighted by Crippen LogP contribution is -2.26. The zero-order chi connectivity index (χ0) is 22.7. The number of benzene rings is 2. The maximum Gasteiger partial charge on any atom is 0.362 e. The molecule has 4 rings (SSSR count). The molecule has 1 aromatic heterocycles. The van der Waals surface area contributed by atoms with E-state index in [9.17, 15) is 18.0 Å². The third kappa shape index (κ3) is 4.43. The van der Waals surface area contributed by atoms with Crippen LogP contribution in [0.25, 0.3) is 5.69 Å². The minimum Gasteiger partial charge on any atom is -0.461 e. The highest BCUT2D eigenvalue weighted by atomic mass is 32.2. The molecule has 1 aliphatic rings. The summed E-state index contributed by atoms with van der Waals surface area (Å²) in [6, 6.07) is 14.2. The SMILES string of the molecule is CCOC(=O)c1nn(-c2ccccc2)c(=O)cc1OS(=O)(=O)c1ccc2c(c1)CCCC2. The van der Waals surface area contributed by atoms with Crippen LogP contribution in [0, 0.1) is 0 Å². The molecule has 1 heterocycles. The number of aryl methyl sites for hydroxylation is 2. The molecular formula is C23H22N2O6S. The second-order valence-electron chi connectivity index (χ2n) is 7.34. The Morgan fingerprint density at radius 1 is 1.03 bits per heavy atom. The smallest absolute Gasteiger partial charge is 0.362 e. The largest absolute Gasteiger partial charge is 0.461 e. The molecule has 0 fully saturated rings. The monoisotopic (exact) mass is 454 g/mol. The van der Waals surface area contributed by atoms with Gasteiger partial charge in [-0.1, -0.05) is 24.3 Å². The number of esters is 1. The van der Waals surface area contributed by atoms with Gasteiger partial charge in [-0.05, 0) is 68.0 Å². The number of aromatic nitrogens is 2. The zero-order valence-electron chi connectivity index (χ0n) is 17.5. The first-order valence-corrected chi connectivity index (χ1v) is 11.7. The molecule has 0 saturated carbocycles. The molecule has 2 aromatic carbocycles. The van der Waals surface area contributed by atoms with E-state index in [0.29, 0.717) is 5.69 Å². The molecule has 32 heavy (non-hydrogen) atoms. The molecule has 9 heteroatoms. The molecule has 0 spiro atoms. The van der Waals surface area contributed by atoms with Crippen molar-refractivity contribution in [3.63, 3.8) is 0 Å². The first-order valence-electron chi connectivity index (χ1n) is 10.3. The van der Waals surface area contributed by atoms with Crippen LogP contribution in [0.1, 0.15) is 41.4 Å². The number of carbonyl (C=O) groups is 1. The van der Waals surface area contributed by atoms with Crippen molar-refractivity contribution in [2.24, 2.45) is 0 Å². The number of carbonyl (C=O) groups excluding carboxylic acids is 1. The van der Waals surface area contributed by atoms with E-state index in [2.05, 4.69) is 5.10 Å². The van der Waals surface area contributed by atoms with Gasteiger partial charge in [-0.2, -0.15) is 18.2 Å². The van der Waals surface area contributed by atoms with Gasteiger partial charge in [0.1, 0.15) is 4.90 Å². The Hall–Kier alpha value is -3.46. The lowest BCUT2D eigenvalue weighted by atomic mass is 9.92. The van der Waals surface area contributed by atoms with Crippen LogP contribution in [0.3, 0.4) is 0 Å². The Kier molecular flexibility index (Phi) is 6.09. The van der Waals surface area contributed by atoms with E-state index in [4.69, 9.17) is 8.92 Å². The van der Waals surface area contributed by atoms with E-state index in [1.807, 2.05) is 0 Å². The van der Waals surface area contributed by atoms with E-state index in [0.717, 1.165) is 47.6 Å². The first-order chi connectivity index (χ1) is 15.4. The molecular weight excluding hydrogens is 432 g/mol. The van der Waals surface area contributed by atoms with Crippen molar-refractivity contribution in [3.8, 4) is 11.4 Å². The predicted octanol–water partition coefficient (Wildman–Crippen LogP) is 3.06. The Labute approximate surface area is 185 Å². The van der Waals surface area contributed by atoms with Crippen LogP contribution >= 0.6 is 0 Å². The van der Waals surface area contributed by atoms with Crippen molar-refractivity contribution in [2.45, 2.75) is 37.5 Å². The molecule has 0 N–H and O–H groups in total. The van der Waals surface area contributed by atoms with Crippen molar-refractivity contribution >= 4 is 16.1 Å². The van der Waals surface area contributed by atoms with E-state index >= 15 is 0 Å². The third-order valence-electron chi connectivity index (χ3n) is 5.17. The molecule has 0 atom stereocenters. The number of hydrogen-bond donors (Lipinski definition) is 0. The highest BCUT2D eigenvalue weighted by Gasteiger charge is 2.26. The van der Waals surface area contributed by atoms with Crippen LogP contribution in [-0.2, 0) is 27.7 Å². The molecule has 0 unspecified atom stereocenters. The minimum absolute atomic E-state index is 0.0415. The summed E-state index contributed by atoms with van der Waals surface area (Å²) >= 11 is 0. The molecule has 0 bridgehead atoms. The average molecular weight is 455 g/mol. The number of ether oxygens (including phenoxy) is 1. The van der Waals surface area contributed by atoms with Crippen molar-refractivity contribution in [1.29, 1.82) is 0 Å². The first kappa shape index (κ1) is 21.8. The Morgan fingerprint density at radius 3 is 2.47 bits per heavy atom. The maximum atomic E-state index is 13.0. The summed E-state index contributed by atoms with van der Waals surface area (Å²) < 4.78 is 37.2. The van der Waals surface area contributed by atoms with Gasteiger partial charge in [-0.3, -0.25) is 4.79 Å². The van der Waals surface area contributed by atoms with Gasteiger partial charge < -0.3 is 8.92 Å². The summed E-state index contributed by atoms with van der Waals surface area (Å²) in [6.45, 7) is 1.65. The number of para-hydroxylation sites is 1. The summed E-state index contributed by atoms with van der Waals surface area (Å²) in [5.74, 6) is -1.37. The molecule has 0 saturated heterocycles. The van der Waals surface area contributed by atoms with Crippen LogP contribution in [0.5, 0.6) is 5.75 Å². The van der Waals surface area contributed by atoms with Crippen LogP contribution in [0.2, 0.25) is 0 Å². The van der Waals surface area contributed by atoms with Gasteiger partial charge in [0, 0.05) is 0 Å². The summed E-state index contributed by atoms with van der Waals surface area (Å²) in [5.41, 5.74) is 1.43. The summed E-state index contributed by atoms with van der Waals surface area (Å²) in [7, 11) is -4.31. The van der Waals surface area contributed by atoms with Crippen molar-refractivity contribution in [2.75, 3.05) is 6.61 Å². The number of hydrogen-bond acceptors (Lipinski definition) is 7. The van der Waals surface area contributed by atoms with Gasteiger partial charge in [-0.15, -0.1) is 0 Å². The minimum atomic E-state index is -4.31. The highest BCUT2D eigenvalue weighted by Crippen LogP contribution is 2.27. The fourth-order valence-electron chi connectivity index (χ4n) is 3.63. The predicted molar refractivity (Wildman–Crippen MR) is 117 cm³/mol. The highest BCUT2D eigenvalue weighted by molar-refractivity contribution is 7.87. The van der Waals surface area contributed by atoms with Crippen LogP contribution in [0.15, 0.2) is 64.3 Å². The summed E-state index contributed by atoms with van der Waals surface area (Å²) in [6.07, 6.45) is 3.76. The third-order valence-corrected chi connectivity index (χ3v) is 6.40. The average Bonchev–Trinajstić information content (AvgIpc) is 2.79. The molecule has 1 aliphatic carbocycles. The van der Waals surface area contributed by atoms with Gasteiger partial charge in [0.25, 0.3) is 5.56 Å². The van der Waals surface area contributed by atoms with Crippen LogP contribution < -0.4 is 9.74 Å². The maximum absolute atomic E-state index is 13.0. The fraction of sp³-hybridized carbons (Fsp3) is 0.261. The van der Waals surface area contributed by atoms with Crippen molar-refractivity contribution in [3.05, 3.63) is 81.8 Å². The van der Waals surface area contributed by atoms with E-state index in [1.54, 1.807) is 49.4 Å². The number of nitrogens with zero attached hydrogens (tertiary/aromatic N) is 2. The van der Waals surface area contributed by atoms with Gasteiger partial charge in [0.15, 0.2) is 5.75 Å².